The fourth-order valence-corrected chi connectivity index (χ4v) is 2.20. The molecule has 0 aliphatic carbocycles. The van der Waals surface area contributed by atoms with Gasteiger partial charge in [-0.05, 0) is 30.3 Å². The predicted molar refractivity (Wildman–Crippen MR) is 89.1 cm³/mol. The minimum absolute atomic E-state index is 0.0123. The van der Waals surface area contributed by atoms with Crippen LogP contribution in [0.1, 0.15) is 21.0 Å². The van der Waals surface area contributed by atoms with E-state index in [1.165, 1.54) is 25.5 Å². The summed E-state index contributed by atoms with van der Waals surface area (Å²) < 4.78 is 15.0. The van der Waals surface area contributed by atoms with Crippen molar-refractivity contribution in [3.63, 3.8) is 0 Å². The van der Waals surface area contributed by atoms with Crippen molar-refractivity contribution < 1.29 is 23.2 Å². The molecule has 2 aromatic heterocycles. The van der Waals surface area contributed by atoms with E-state index in [1.807, 2.05) is 0 Å². The van der Waals surface area contributed by atoms with Crippen LogP contribution in [-0.4, -0.2) is 23.9 Å². The summed E-state index contributed by atoms with van der Waals surface area (Å²) in [5, 5.41) is 5.34. The Morgan fingerprint density at radius 1 is 1.16 bits per heavy atom. The Balaban J connectivity index is 1.66. The maximum atomic E-state index is 12.2. The number of methoxy groups -OCH3 is 1. The molecule has 2 heterocycles. The van der Waals surface area contributed by atoms with E-state index in [0.29, 0.717) is 16.5 Å². The van der Waals surface area contributed by atoms with Gasteiger partial charge in [-0.3, -0.25) is 14.9 Å². The number of rotatable bonds is 5. The lowest BCUT2D eigenvalue weighted by atomic mass is 10.3. The lowest BCUT2D eigenvalue weighted by Crippen LogP contribution is -2.14. The van der Waals surface area contributed by atoms with Crippen molar-refractivity contribution in [3.8, 4) is 5.75 Å². The molecule has 0 aliphatic rings. The van der Waals surface area contributed by atoms with Gasteiger partial charge in [-0.25, -0.2) is 0 Å². The predicted octanol–water partition coefficient (Wildman–Crippen LogP) is 3.43. The van der Waals surface area contributed by atoms with Crippen molar-refractivity contribution in [2.24, 2.45) is 0 Å². The number of hydrogen-bond acceptors (Lipinski definition) is 6. The standard InChI is InChI=1S/C16H12ClN3O5/c1-23-12-5-4-9(7-10(12)17)18-14(21)11-8-25-16(19-11)20-15(22)13-3-2-6-24-13/h2-8H,1H3,(H,18,21)(H,19,20,22). The Morgan fingerprint density at radius 2 is 2.00 bits per heavy atom. The number of halogens is 1. The summed E-state index contributed by atoms with van der Waals surface area (Å²) in [5.41, 5.74) is 0.446. The van der Waals surface area contributed by atoms with Gasteiger partial charge >= 0.3 is 6.01 Å². The fraction of sp³-hybridized carbons (Fsp3) is 0.0625. The summed E-state index contributed by atoms with van der Waals surface area (Å²) in [6, 6.07) is 7.72. The minimum Gasteiger partial charge on any atom is -0.495 e. The molecule has 0 fully saturated rings. The lowest BCUT2D eigenvalue weighted by molar-refractivity contribution is 0.0990. The molecule has 2 N–H and O–H groups in total. The van der Waals surface area contributed by atoms with Crippen LogP contribution >= 0.6 is 11.6 Å². The molecule has 1 aromatic carbocycles. The van der Waals surface area contributed by atoms with E-state index in [1.54, 1.807) is 18.2 Å². The number of hydrogen-bond donors (Lipinski definition) is 2. The third-order valence-electron chi connectivity index (χ3n) is 3.11. The van der Waals surface area contributed by atoms with Crippen molar-refractivity contribution in [1.82, 2.24) is 4.98 Å². The molecule has 0 bridgehead atoms. The van der Waals surface area contributed by atoms with E-state index < -0.39 is 11.8 Å². The quantitative estimate of drug-likeness (QED) is 0.721. The van der Waals surface area contributed by atoms with Crippen molar-refractivity contribution in [3.05, 3.63) is 59.3 Å². The zero-order valence-electron chi connectivity index (χ0n) is 12.9. The van der Waals surface area contributed by atoms with Crippen LogP contribution in [0.4, 0.5) is 11.7 Å². The van der Waals surface area contributed by atoms with Gasteiger partial charge in [-0.1, -0.05) is 11.6 Å². The van der Waals surface area contributed by atoms with Gasteiger partial charge in [0.25, 0.3) is 11.8 Å². The van der Waals surface area contributed by atoms with Gasteiger partial charge in [0.15, 0.2) is 11.5 Å². The molecule has 3 aromatic rings. The number of furan rings is 1. The molecule has 0 saturated carbocycles. The Labute approximate surface area is 146 Å². The molecule has 3 rings (SSSR count). The largest absolute Gasteiger partial charge is 0.495 e. The first-order valence-electron chi connectivity index (χ1n) is 7.02. The minimum atomic E-state index is -0.541. The van der Waals surface area contributed by atoms with E-state index in [-0.39, 0.29) is 17.5 Å². The third-order valence-corrected chi connectivity index (χ3v) is 3.41. The molecular weight excluding hydrogens is 350 g/mol. The molecule has 8 nitrogen and oxygen atoms in total. The molecule has 2 amide bonds. The van der Waals surface area contributed by atoms with Gasteiger partial charge < -0.3 is 18.9 Å². The summed E-state index contributed by atoms with van der Waals surface area (Å²) in [6.07, 6.45) is 2.49. The van der Waals surface area contributed by atoms with Crippen LogP contribution < -0.4 is 15.4 Å². The third kappa shape index (κ3) is 3.81. The molecular formula is C16H12ClN3O5. The van der Waals surface area contributed by atoms with E-state index in [4.69, 9.17) is 25.2 Å². The van der Waals surface area contributed by atoms with Crippen molar-refractivity contribution in [1.29, 1.82) is 0 Å². The highest BCUT2D eigenvalue weighted by atomic mass is 35.5. The number of carbonyl (C=O) groups excluding carboxylic acids is 2. The van der Waals surface area contributed by atoms with Crippen LogP contribution in [0.15, 0.2) is 51.7 Å². The van der Waals surface area contributed by atoms with Gasteiger partial charge in [0, 0.05) is 5.69 Å². The second-order valence-electron chi connectivity index (χ2n) is 4.77. The second kappa shape index (κ2) is 7.10. The number of amides is 2. The van der Waals surface area contributed by atoms with E-state index in [2.05, 4.69) is 15.6 Å². The van der Waals surface area contributed by atoms with Crippen LogP contribution in [0.5, 0.6) is 5.75 Å². The molecule has 0 aliphatic heterocycles. The van der Waals surface area contributed by atoms with Gasteiger partial charge in [0.2, 0.25) is 0 Å². The molecule has 0 spiro atoms. The zero-order valence-corrected chi connectivity index (χ0v) is 13.7. The van der Waals surface area contributed by atoms with E-state index >= 15 is 0 Å². The normalized spacial score (nSPS) is 10.3. The van der Waals surface area contributed by atoms with Crippen LogP contribution in [0, 0.1) is 0 Å². The smallest absolute Gasteiger partial charge is 0.302 e. The Bertz CT molecular complexity index is 904. The average molecular weight is 362 g/mol. The maximum absolute atomic E-state index is 12.2. The molecule has 9 heteroatoms. The number of benzene rings is 1. The highest BCUT2D eigenvalue weighted by molar-refractivity contribution is 6.32. The van der Waals surface area contributed by atoms with Gasteiger partial charge in [-0.2, -0.15) is 4.98 Å². The number of nitrogens with zero attached hydrogens (tertiary/aromatic N) is 1. The fourth-order valence-electron chi connectivity index (χ4n) is 1.94. The lowest BCUT2D eigenvalue weighted by Gasteiger charge is -2.06. The van der Waals surface area contributed by atoms with E-state index in [9.17, 15) is 9.59 Å². The van der Waals surface area contributed by atoms with Gasteiger partial charge in [0.05, 0.1) is 18.4 Å². The van der Waals surface area contributed by atoms with Gasteiger partial charge in [0.1, 0.15) is 12.0 Å². The molecule has 0 unspecified atom stereocenters. The van der Waals surface area contributed by atoms with Crippen LogP contribution in [0.3, 0.4) is 0 Å². The molecule has 25 heavy (non-hydrogen) atoms. The summed E-state index contributed by atoms with van der Waals surface area (Å²) in [7, 11) is 1.49. The topological polar surface area (TPSA) is 107 Å². The first kappa shape index (κ1) is 16.6. The van der Waals surface area contributed by atoms with Gasteiger partial charge in [-0.15, -0.1) is 0 Å². The monoisotopic (exact) mass is 361 g/mol. The van der Waals surface area contributed by atoms with E-state index in [0.717, 1.165) is 6.26 Å². The first-order chi connectivity index (χ1) is 12.1. The Kier molecular flexibility index (Phi) is 4.71. The maximum Gasteiger partial charge on any atom is 0.302 e. The Morgan fingerprint density at radius 3 is 2.68 bits per heavy atom. The summed E-state index contributed by atoms with van der Waals surface area (Å²) >= 11 is 6.00. The van der Waals surface area contributed by atoms with Crippen molar-refractivity contribution in [2.75, 3.05) is 17.7 Å². The molecule has 0 saturated heterocycles. The SMILES string of the molecule is COc1ccc(NC(=O)c2coc(NC(=O)c3ccco3)n2)cc1Cl. The number of ether oxygens (including phenoxy) is 1. The summed E-state index contributed by atoms with van der Waals surface area (Å²) in [4.78, 5) is 27.9. The average Bonchev–Trinajstić information content (AvgIpc) is 3.27. The number of anilines is 2. The van der Waals surface area contributed by atoms with Crippen LogP contribution in [0.25, 0.3) is 0 Å². The van der Waals surface area contributed by atoms with Crippen molar-refractivity contribution in [2.45, 2.75) is 0 Å². The molecule has 128 valence electrons. The first-order valence-corrected chi connectivity index (χ1v) is 7.40. The van der Waals surface area contributed by atoms with Crippen LogP contribution in [-0.2, 0) is 0 Å². The summed E-state index contributed by atoms with van der Waals surface area (Å²) in [5.74, 6) is -0.481. The van der Waals surface area contributed by atoms with Crippen molar-refractivity contribution >= 4 is 35.1 Å². The van der Waals surface area contributed by atoms with Crippen LogP contribution in [0.2, 0.25) is 5.02 Å². The number of nitrogens with one attached hydrogen (secondary N) is 2. The second-order valence-corrected chi connectivity index (χ2v) is 5.18. The number of carbonyl (C=O) groups is 2. The zero-order chi connectivity index (χ0) is 17.8. The molecule has 0 atom stereocenters. The summed E-state index contributed by atoms with van der Waals surface area (Å²) in [6.45, 7) is 0. The highest BCUT2D eigenvalue weighted by Crippen LogP contribution is 2.27. The Hall–Kier alpha value is -3.26. The highest BCUT2D eigenvalue weighted by Gasteiger charge is 2.16. The number of aromatic nitrogens is 1. The number of oxazole rings is 1. The molecule has 0 radical (unpaired) electrons.